The van der Waals surface area contributed by atoms with E-state index in [1.807, 2.05) is 48.7 Å². The van der Waals surface area contributed by atoms with Crippen LogP contribution in [0.3, 0.4) is 0 Å². The van der Waals surface area contributed by atoms with Gasteiger partial charge in [0.15, 0.2) is 5.79 Å². The lowest BCUT2D eigenvalue weighted by atomic mass is 9.77. The maximum atomic E-state index is 6.87. The molecule has 0 N–H and O–H groups in total. The first kappa shape index (κ1) is 18.0. The summed E-state index contributed by atoms with van der Waals surface area (Å²) in [6, 6.07) is 8.22. The highest BCUT2D eigenvalue weighted by molar-refractivity contribution is 7.99. The third-order valence-corrected chi connectivity index (χ3v) is 6.61. The number of thioether (sulfide) groups is 1. The maximum absolute atomic E-state index is 6.87. The van der Waals surface area contributed by atoms with Crippen LogP contribution in [-0.2, 0) is 20.9 Å². The van der Waals surface area contributed by atoms with E-state index in [9.17, 15) is 0 Å². The van der Waals surface area contributed by atoms with Gasteiger partial charge < -0.3 is 9.47 Å². The van der Waals surface area contributed by atoms with E-state index < -0.39 is 11.4 Å². The van der Waals surface area contributed by atoms with Crippen molar-refractivity contribution in [2.45, 2.75) is 50.6 Å². The Morgan fingerprint density at radius 3 is 2.35 bits per heavy atom. The van der Waals surface area contributed by atoms with Crippen LogP contribution in [0.15, 0.2) is 49.1 Å². The van der Waals surface area contributed by atoms with E-state index in [1.54, 1.807) is 0 Å². The topological polar surface area (TPSA) is 44.2 Å². The zero-order chi connectivity index (χ0) is 18.0. The number of ether oxygens (including phenoxy) is 2. The van der Waals surface area contributed by atoms with Crippen LogP contribution in [-0.4, -0.2) is 27.6 Å². The molecule has 0 spiro atoms. The lowest BCUT2D eigenvalue weighted by Gasteiger charge is -2.42. The van der Waals surface area contributed by atoms with Crippen molar-refractivity contribution in [2.24, 2.45) is 5.92 Å². The molecule has 2 fully saturated rings. The molecule has 5 heteroatoms. The van der Waals surface area contributed by atoms with E-state index in [0.717, 1.165) is 29.9 Å². The van der Waals surface area contributed by atoms with Gasteiger partial charge >= 0.3 is 0 Å². The molecule has 3 unspecified atom stereocenters. The standard InChI is InChI=1S/C21H26N2O2S/c1-3-12-26-15-19-20(17-4-8-22-9-5-17)13-16(2)14-21(24-19,25-20)18-6-10-23-11-7-18/h4-11,16,19H,3,12-15H2,1-2H3/t16-,19?,20?,21?/m1/s1. The Balaban J connectivity index is 1.76. The van der Waals surface area contributed by atoms with Crippen LogP contribution in [0.25, 0.3) is 0 Å². The van der Waals surface area contributed by atoms with Crippen LogP contribution in [0.5, 0.6) is 0 Å². The van der Waals surface area contributed by atoms with Crippen molar-refractivity contribution >= 4 is 11.8 Å². The molecule has 0 saturated carbocycles. The molecule has 2 aliphatic heterocycles. The Labute approximate surface area is 159 Å². The summed E-state index contributed by atoms with van der Waals surface area (Å²) in [5, 5.41) is 0. The van der Waals surface area contributed by atoms with Gasteiger partial charge in [0, 0.05) is 42.5 Å². The predicted molar refractivity (Wildman–Crippen MR) is 104 cm³/mol. The van der Waals surface area contributed by atoms with E-state index in [-0.39, 0.29) is 6.10 Å². The second kappa shape index (κ2) is 7.29. The minimum atomic E-state index is -0.679. The van der Waals surface area contributed by atoms with Crippen LogP contribution in [0.2, 0.25) is 0 Å². The van der Waals surface area contributed by atoms with Crippen LogP contribution < -0.4 is 0 Å². The van der Waals surface area contributed by atoms with Gasteiger partial charge in [-0.3, -0.25) is 9.97 Å². The van der Waals surface area contributed by atoms with Crippen LogP contribution in [0.1, 0.15) is 44.2 Å². The van der Waals surface area contributed by atoms with Crippen LogP contribution >= 0.6 is 11.8 Å². The van der Waals surface area contributed by atoms with E-state index in [4.69, 9.17) is 9.47 Å². The minimum absolute atomic E-state index is 0.0274. The van der Waals surface area contributed by atoms with Crippen molar-refractivity contribution in [1.82, 2.24) is 9.97 Å². The first-order chi connectivity index (χ1) is 12.7. The molecule has 0 amide bonds. The van der Waals surface area contributed by atoms with Gasteiger partial charge in [-0.1, -0.05) is 13.8 Å². The van der Waals surface area contributed by atoms with E-state index in [2.05, 4.69) is 35.9 Å². The summed E-state index contributed by atoms with van der Waals surface area (Å²) in [5.41, 5.74) is 1.84. The monoisotopic (exact) mass is 370 g/mol. The molecule has 138 valence electrons. The highest BCUT2D eigenvalue weighted by atomic mass is 32.2. The van der Waals surface area contributed by atoms with E-state index in [0.29, 0.717) is 5.92 Å². The molecule has 4 heterocycles. The number of nitrogens with zero attached hydrogens (tertiary/aromatic N) is 2. The molecule has 0 aromatic carbocycles. The fourth-order valence-corrected chi connectivity index (χ4v) is 5.38. The average Bonchev–Trinajstić information content (AvgIpc) is 2.92. The summed E-state index contributed by atoms with van der Waals surface area (Å²) in [5.74, 6) is 1.91. The second-order valence-electron chi connectivity index (χ2n) is 7.41. The van der Waals surface area contributed by atoms with Crippen molar-refractivity contribution in [3.63, 3.8) is 0 Å². The minimum Gasteiger partial charge on any atom is -0.338 e. The third kappa shape index (κ3) is 3.06. The van der Waals surface area contributed by atoms with Crippen LogP contribution in [0, 0.1) is 5.92 Å². The fraction of sp³-hybridized carbons (Fsp3) is 0.524. The molecule has 4 rings (SSSR count). The molecule has 2 bridgehead atoms. The summed E-state index contributed by atoms with van der Waals surface area (Å²) in [6.45, 7) is 4.52. The maximum Gasteiger partial charge on any atom is 0.196 e. The molecule has 0 aliphatic carbocycles. The highest BCUT2D eigenvalue weighted by Crippen LogP contribution is 2.58. The van der Waals surface area contributed by atoms with Crippen molar-refractivity contribution in [3.8, 4) is 0 Å². The van der Waals surface area contributed by atoms with Crippen molar-refractivity contribution < 1.29 is 9.47 Å². The Hall–Kier alpha value is -1.43. The molecule has 4 atom stereocenters. The summed E-state index contributed by atoms with van der Waals surface area (Å²) in [6.07, 6.45) is 10.4. The van der Waals surface area contributed by atoms with Gasteiger partial charge in [-0.05, 0) is 54.3 Å². The van der Waals surface area contributed by atoms with Gasteiger partial charge in [0.25, 0.3) is 0 Å². The molecule has 4 nitrogen and oxygen atoms in total. The molecule has 2 aliphatic rings. The quantitative estimate of drug-likeness (QED) is 0.700. The SMILES string of the molecule is CCCSCC1OC2(c3ccncc3)C[C@H](C)CC1(c1ccncc1)O2. The number of aromatic nitrogens is 2. The second-order valence-corrected chi connectivity index (χ2v) is 8.56. The van der Waals surface area contributed by atoms with Crippen molar-refractivity contribution in [1.29, 1.82) is 0 Å². The summed E-state index contributed by atoms with van der Waals surface area (Å²) >= 11 is 1.95. The fourth-order valence-electron chi connectivity index (χ4n) is 4.37. The highest BCUT2D eigenvalue weighted by Gasteiger charge is 2.62. The summed E-state index contributed by atoms with van der Waals surface area (Å²) in [4.78, 5) is 8.37. The van der Waals surface area contributed by atoms with Gasteiger partial charge in [-0.25, -0.2) is 0 Å². The summed E-state index contributed by atoms with van der Waals surface area (Å²) in [7, 11) is 0. The number of hydrogen-bond acceptors (Lipinski definition) is 5. The van der Waals surface area contributed by atoms with Gasteiger partial charge in [0.2, 0.25) is 0 Å². The molecule has 2 saturated heterocycles. The molecular weight excluding hydrogens is 344 g/mol. The van der Waals surface area contributed by atoms with Gasteiger partial charge in [-0.2, -0.15) is 11.8 Å². The molecule has 26 heavy (non-hydrogen) atoms. The molecule has 2 aromatic rings. The third-order valence-electron chi connectivity index (χ3n) is 5.38. The summed E-state index contributed by atoms with van der Waals surface area (Å²) < 4.78 is 13.6. The Morgan fingerprint density at radius 2 is 1.69 bits per heavy atom. The molecule has 0 radical (unpaired) electrons. The first-order valence-electron chi connectivity index (χ1n) is 9.45. The lowest BCUT2D eigenvalue weighted by Crippen LogP contribution is -2.44. The first-order valence-corrected chi connectivity index (χ1v) is 10.6. The number of fused-ring (bicyclic) bond motifs is 2. The van der Waals surface area contributed by atoms with Crippen LogP contribution in [0.4, 0.5) is 0 Å². The zero-order valence-corrected chi connectivity index (χ0v) is 16.2. The van der Waals surface area contributed by atoms with E-state index in [1.165, 1.54) is 12.0 Å². The Bertz CT molecular complexity index is 729. The molecular formula is C21H26N2O2S. The van der Waals surface area contributed by atoms with Crippen molar-refractivity contribution in [3.05, 3.63) is 60.2 Å². The zero-order valence-electron chi connectivity index (χ0n) is 15.4. The smallest absolute Gasteiger partial charge is 0.196 e. The lowest BCUT2D eigenvalue weighted by molar-refractivity contribution is -0.236. The number of rotatable bonds is 6. The molecule has 2 aromatic heterocycles. The largest absolute Gasteiger partial charge is 0.338 e. The van der Waals surface area contributed by atoms with Gasteiger partial charge in [0.05, 0.1) is 0 Å². The predicted octanol–water partition coefficient (Wildman–Crippen LogP) is 4.51. The Kier molecular flexibility index (Phi) is 5.04. The Morgan fingerprint density at radius 1 is 1.04 bits per heavy atom. The van der Waals surface area contributed by atoms with Crippen molar-refractivity contribution in [2.75, 3.05) is 11.5 Å². The van der Waals surface area contributed by atoms with Gasteiger partial charge in [-0.15, -0.1) is 0 Å². The van der Waals surface area contributed by atoms with E-state index >= 15 is 0 Å². The normalized spacial score (nSPS) is 33.3. The van der Waals surface area contributed by atoms with Gasteiger partial charge in [0.1, 0.15) is 11.7 Å². The number of pyridine rings is 2. The number of hydrogen-bond donors (Lipinski definition) is 0. The average molecular weight is 371 g/mol.